The van der Waals surface area contributed by atoms with Gasteiger partial charge in [-0.25, -0.2) is 4.90 Å². The van der Waals surface area contributed by atoms with E-state index in [4.69, 9.17) is 4.74 Å². The van der Waals surface area contributed by atoms with E-state index in [1.54, 1.807) is 0 Å². The molecule has 0 radical (unpaired) electrons. The maximum Gasteiger partial charge on any atom is 0.257 e. The number of rotatable bonds is 3. The molecule has 0 bridgehead atoms. The van der Waals surface area contributed by atoms with E-state index in [1.807, 2.05) is 54.6 Å². The van der Waals surface area contributed by atoms with Crippen molar-refractivity contribution >= 4 is 11.8 Å². The summed E-state index contributed by atoms with van der Waals surface area (Å²) < 4.78 is 6.13. The molecule has 1 atom stereocenters. The number of hydrogen-bond donors (Lipinski definition) is 0. The highest BCUT2D eigenvalue weighted by atomic mass is 16.5. The summed E-state index contributed by atoms with van der Waals surface area (Å²) in [5, 5.41) is 0. The Bertz CT molecular complexity index is 779. The van der Waals surface area contributed by atoms with Crippen molar-refractivity contribution in [3.63, 3.8) is 0 Å². The van der Waals surface area contributed by atoms with Crippen LogP contribution in [-0.4, -0.2) is 16.7 Å². The Labute approximate surface area is 127 Å². The number of carbonyl (C=O) groups is 2. The molecule has 1 aliphatic heterocycles. The third-order valence-electron chi connectivity index (χ3n) is 4.07. The molecule has 2 aromatic carbocycles. The maximum absolute atomic E-state index is 12.2. The van der Waals surface area contributed by atoms with Crippen molar-refractivity contribution in [2.75, 3.05) is 0 Å². The number of benzene rings is 2. The molecule has 22 heavy (non-hydrogen) atoms. The van der Waals surface area contributed by atoms with E-state index in [0.717, 1.165) is 11.1 Å². The van der Waals surface area contributed by atoms with E-state index in [-0.39, 0.29) is 11.8 Å². The van der Waals surface area contributed by atoms with Crippen molar-refractivity contribution in [3.8, 4) is 5.75 Å². The van der Waals surface area contributed by atoms with E-state index in [2.05, 4.69) is 0 Å². The molecule has 1 heterocycles. The van der Waals surface area contributed by atoms with Crippen LogP contribution >= 0.6 is 0 Å². The summed E-state index contributed by atoms with van der Waals surface area (Å²) in [6, 6.07) is 17.0. The third kappa shape index (κ3) is 1.70. The average Bonchev–Trinajstić information content (AvgIpc) is 2.85. The van der Waals surface area contributed by atoms with Gasteiger partial charge in [-0.1, -0.05) is 42.5 Å². The predicted octanol–water partition coefficient (Wildman–Crippen LogP) is 2.40. The molecular formula is C18H13NO3. The van der Waals surface area contributed by atoms with Gasteiger partial charge in [-0.3, -0.25) is 9.59 Å². The summed E-state index contributed by atoms with van der Waals surface area (Å²) in [5.41, 5.74) is 0.908. The van der Waals surface area contributed by atoms with E-state index >= 15 is 0 Å². The lowest BCUT2D eigenvalue weighted by molar-refractivity contribution is -0.165. The largest absolute Gasteiger partial charge is 0.463 e. The summed E-state index contributed by atoms with van der Waals surface area (Å²) in [6.07, 6.45) is 3.08. The van der Waals surface area contributed by atoms with Crippen LogP contribution in [0.3, 0.4) is 0 Å². The minimum absolute atomic E-state index is 0.338. The van der Waals surface area contributed by atoms with Gasteiger partial charge in [0, 0.05) is 24.1 Å². The zero-order chi connectivity index (χ0) is 15.2. The smallest absolute Gasteiger partial charge is 0.257 e. The van der Waals surface area contributed by atoms with Gasteiger partial charge in [0.15, 0.2) is 0 Å². The molecule has 1 aliphatic carbocycles. The van der Waals surface area contributed by atoms with Gasteiger partial charge < -0.3 is 4.74 Å². The summed E-state index contributed by atoms with van der Waals surface area (Å²) in [6.45, 7) is 0. The highest BCUT2D eigenvalue weighted by Gasteiger charge is 2.55. The Morgan fingerprint density at radius 2 is 1.50 bits per heavy atom. The van der Waals surface area contributed by atoms with Gasteiger partial charge >= 0.3 is 0 Å². The van der Waals surface area contributed by atoms with E-state index in [0.29, 0.717) is 12.2 Å². The van der Waals surface area contributed by atoms with Crippen LogP contribution in [0.2, 0.25) is 0 Å². The molecule has 0 saturated heterocycles. The van der Waals surface area contributed by atoms with Gasteiger partial charge in [-0.2, -0.15) is 0 Å². The van der Waals surface area contributed by atoms with Crippen LogP contribution in [0.5, 0.6) is 5.75 Å². The first-order valence-electron chi connectivity index (χ1n) is 7.09. The number of carbonyl (C=O) groups excluding carboxylic acids is 2. The molecule has 0 aromatic heterocycles. The summed E-state index contributed by atoms with van der Waals surface area (Å²) in [7, 11) is 0. The fourth-order valence-corrected chi connectivity index (χ4v) is 3.08. The number of nitrogens with zero attached hydrogens (tertiary/aromatic N) is 1. The zero-order valence-electron chi connectivity index (χ0n) is 11.7. The second kappa shape index (κ2) is 4.56. The van der Waals surface area contributed by atoms with Crippen LogP contribution < -0.4 is 4.74 Å². The van der Waals surface area contributed by atoms with Crippen molar-refractivity contribution in [2.24, 2.45) is 0 Å². The van der Waals surface area contributed by atoms with E-state index < -0.39 is 5.72 Å². The summed E-state index contributed by atoms with van der Waals surface area (Å²) >= 11 is 0. The predicted molar refractivity (Wildman–Crippen MR) is 79.9 cm³/mol. The van der Waals surface area contributed by atoms with Crippen LogP contribution in [-0.2, 0) is 21.7 Å². The van der Waals surface area contributed by atoms with Crippen molar-refractivity contribution in [1.29, 1.82) is 0 Å². The number of hydrogen-bond acceptors (Lipinski definition) is 3. The van der Waals surface area contributed by atoms with Crippen LogP contribution in [0.1, 0.15) is 11.1 Å². The Hall–Kier alpha value is -2.88. The second-order valence-electron chi connectivity index (χ2n) is 5.38. The minimum atomic E-state index is -1.05. The second-order valence-corrected chi connectivity index (χ2v) is 5.38. The molecule has 0 N–H and O–H groups in total. The fraction of sp³-hybridized carbons (Fsp3) is 0.111. The number of ether oxygens (including phenoxy) is 1. The lowest BCUT2D eigenvalue weighted by Crippen LogP contribution is -2.59. The molecule has 0 fully saturated rings. The van der Waals surface area contributed by atoms with Crippen LogP contribution in [0.15, 0.2) is 66.7 Å². The quantitative estimate of drug-likeness (QED) is 0.816. The van der Waals surface area contributed by atoms with Gasteiger partial charge in [0.25, 0.3) is 11.8 Å². The molecule has 1 unspecified atom stereocenters. The van der Waals surface area contributed by atoms with E-state index in [1.165, 1.54) is 17.1 Å². The minimum Gasteiger partial charge on any atom is -0.463 e. The summed E-state index contributed by atoms with van der Waals surface area (Å²) in [4.78, 5) is 25.5. The number of imide groups is 1. The Morgan fingerprint density at radius 1 is 0.864 bits per heavy atom. The number of fused-ring (bicyclic) bond motifs is 1. The van der Waals surface area contributed by atoms with Crippen molar-refractivity contribution < 1.29 is 14.3 Å². The average molecular weight is 291 g/mol. The Balaban J connectivity index is 1.81. The first-order chi connectivity index (χ1) is 10.7. The van der Waals surface area contributed by atoms with Crippen molar-refractivity contribution in [1.82, 2.24) is 4.90 Å². The molecular weight excluding hydrogens is 278 g/mol. The maximum atomic E-state index is 12.2. The monoisotopic (exact) mass is 291 g/mol. The van der Waals surface area contributed by atoms with Crippen molar-refractivity contribution in [2.45, 2.75) is 12.1 Å². The lowest BCUT2D eigenvalue weighted by Gasteiger charge is -2.48. The number of amides is 2. The van der Waals surface area contributed by atoms with Gasteiger partial charge in [-0.15, -0.1) is 0 Å². The Kier molecular flexibility index (Phi) is 2.66. The first kappa shape index (κ1) is 12.8. The van der Waals surface area contributed by atoms with Crippen molar-refractivity contribution in [3.05, 3.63) is 77.9 Å². The SMILES string of the molecule is O=C1C=CC(=O)N1C1(Oc2ccccc2)Cc2ccccc21. The molecule has 2 aliphatic rings. The Morgan fingerprint density at radius 3 is 2.18 bits per heavy atom. The lowest BCUT2D eigenvalue weighted by atomic mass is 9.78. The van der Waals surface area contributed by atoms with Gasteiger partial charge in [-0.05, 0) is 17.7 Å². The third-order valence-corrected chi connectivity index (χ3v) is 4.07. The normalized spacial score (nSPS) is 22.5. The van der Waals surface area contributed by atoms with Crippen LogP contribution in [0, 0.1) is 0 Å². The van der Waals surface area contributed by atoms with Crippen LogP contribution in [0.4, 0.5) is 0 Å². The fourth-order valence-electron chi connectivity index (χ4n) is 3.08. The highest BCUT2D eigenvalue weighted by Crippen LogP contribution is 2.46. The zero-order valence-corrected chi connectivity index (χ0v) is 11.7. The molecule has 0 saturated carbocycles. The molecule has 4 heteroatoms. The van der Waals surface area contributed by atoms with Gasteiger partial charge in [0.05, 0.1) is 0 Å². The molecule has 2 amide bonds. The number of para-hydroxylation sites is 1. The topological polar surface area (TPSA) is 46.6 Å². The molecule has 2 aromatic rings. The first-order valence-corrected chi connectivity index (χ1v) is 7.09. The molecule has 4 nitrogen and oxygen atoms in total. The highest BCUT2D eigenvalue weighted by molar-refractivity contribution is 6.13. The van der Waals surface area contributed by atoms with Gasteiger partial charge in [0.2, 0.25) is 5.72 Å². The molecule has 108 valence electrons. The molecule has 4 rings (SSSR count). The van der Waals surface area contributed by atoms with E-state index in [9.17, 15) is 9.59 Å². The van der Waals surface area contributed by atoms with Crippen LogP contribution in [0.25, 0.3) is 0 Å². The molecule has 0 spiro atoms. The van der Waals surface area contributed by atoms with Gasteiger partial charge in [0.1, 0.15) is 5.75 Å². The summed E-state index contributed by atoms with van der Waals surface area (Å²) in [5.74, 6) is -0.0460. The standard InChI is InChI=1S/C18H13NO3/c20-16-10-11-17(21)19(16)18(22-14-7-2-1-3-8-14)12-13-6-4-5-9-15(13)18/h1-11H,12H2.